The lowest BCUT2D eigenvalue weighted by Gasteiger charge is -2.15. The van der Waals surface area contributed by atoms with Crippen LogP contribution in [0, 0.1) is 0 Å². The molecule has 0 radical (unpaired) electrons. The van der Waals surface area contributed by atoms with Gasteiger partial charge in [0.1, 0.15) is 5.82 Å². The van der Waals surface area contributed by atoms with Crippen LogP contribution in [-0.2, 0) is 6.42 Å². The summed E-state index contributed by atoms with van der Waals surface area (Å²) < 4.78 is 2.32. The van der Waals surface area contributed by atoms with Gasteiger partial charge in [-0.3, -0.25) is 0 Å². The van der Waals surface area contributed by atoms with Gasteiger partial charge in [-0.1, -0.05) is 18.5 Å². The maximum Gasteiger partial charge on any atom is 0.110 e. The summed E-state index contributed by atoms with van der Waals surface area (Å²) in [5.41, 5.74) is 7.74. The van der Waals surface area contributed by atoms with Gasteiger partial charge in [0.15, 0.2) is 0 Å². The molecule has 18 heavy (non-hydrogen) atoms. The van der Waals surface area contributed by atoms with E-state index in [1.54, 1.807) is 0 Å². The van der Waals surface area contributed by atoms with Crippen LogP contribution in [-0.4, -0.2) is 16.1 Å². The van der Waals surface area contributed by atoms with Crippen molar-refractivity contribution in [2.24, 2.45) is 5.73 Å². The van der Waals surface area contributed by atoms with E-state index >= 15 is 0 Å². The predicted molar refractivity (Wildman–Crippen MR) is 77.1 cm³/mol. The molecule has 98 valence electrons. The highest BCUT2D eigenvalue weighted by atomic mass is 35.5. The molecule has 0 aliphatic carbocycles. The molecule has 1 atom stereocenters. The normalized spacial score (nSPS) is 13.1. The van der Waals surface area contributed by atoms with Crippen LogP contribution in [0.5, 0.6) is 0 Å². The second-order valence-corrected chi connectivity index (χ2v) is 5.12. The molecule has 0 bridgehead atoms. The SMILES string of the molecule is CC[C@H](C)n1c(CCCN)nc2cc(Cl)ccc21. The average Bonchev–Trinajstić information content (AvgIpc) is 2.72. The number of fused-ring (bicyclic) bond motifs is 1. The van der Waals surface area contributed by atoms with Gasteiger partial charge in [-0.15, -0.1) is 0 Å². The summed E-state index contributed by atoms with van der Waals surface area (Å²) >= 11 is 6.03. The summed E-state index contributed by atoms with van der Waals surface area (Å²) in [6.45, 7) is 5.12. The van der Waals surface area contributed by atoms with E-state index in [0.717, 1.165) is 35.6 Å². The van der Waals surface area contributed by atoms with Crippen molar-refractivity contribution < 1.29 is 0 Å². The van der Waals surface area contributed by atoms with Crippen molar-refractivity contribution in [3.05, 3.63) is 29.0 Å². The number of hydrogen-bond acceptors (Lipinski definition) is 2. The maximum atomic E-state index is 6.03. The van der Waals surface area contributed by atoms with Crippen LogP contribution in [0.1, 0.15) is 38.6 Å². The van der Waals surface area contributed by atoms with E-state index < -0.39 is 0 Å². The number of halogens is 1. The number of hydrogen-bond donors (Lipinski definition) is 1. The van der Waals surface area contributed by atoms with Crippen molar-refractivity contribution in [2.45, 2.75) is 39.2 Å². The molecule has 1 heterocycles. The molecule has 0 saturated heterocycles. The molecule has 0 unspecified atom stereocenters. The lowest BCUT2D eigenvalue weighted by atomic mass is 10.2. The first-order chi connectivity index (χ1) is 8.67. The third-order valence-electron chi connectivity index (χ3n) is 3.36. The first-order valence-corrected chi connectivity index (χ1v) is 6.91. The van der Waals surface area contributed by atoms with Crippen LogP contribution >= 0.6 is 11.6 Å². The minimum Gasteiger partial charge on any atom is -0.330 e. The first kappa shape index (κ1) is 13.4. The van der Waals surface area contributed by atoms with E-state index in [1.807, 2.05) is 12.1 Å². The maximum absolute atomic E-state index is 6.03. The summed E-state index contributed by atoms with van der Waals surface area (Å²) in [4.78, 5) is 4.70. The number of aryl methyl sites for hydroxylation is 1. The van der Waals surface area contributed by atoms with Gasteiger partial charge in [0, 0.05) is 17.5 Å². The van der Waals surface area contributed by atoms with Gasteiger partial charge in [-0.05, 0) is 44.5 Å². The molecule has 0 fully saturated rings. The summed E-state index contributed by atoms with van der Waals surface area (Å²) in [7, 11) is 0. The Hall–Kier alpha value is -1.06. The monoisotopic (exact) mass is 265 g/mol. The van der Waals surface area contributed by atoms with Gasteiger partial charge < -0.3 is 10.3 Å². The first-order valence-electron chi connectivity index (χ1n) is 6.53. The highest BCUT2D eigenvalue weighted by Crippen LogP contribution is 2.26. The molecule has 3 nitrogen and oxygen atoms in total. The largest absolute Gasteiger partial charge is 0.330 e. The van der Waals surface area contributed by atoms with E-state index in [4.69, 9.17) is 22.3 Å². The standard InChI is InChI=1S/C14H20ClN3/c1-3-10(2)18-13-7-6-11(15)9-12(13)17-14(18)5-4-8-16/h6-7,9-10H,3-5,8,16H2,1-2H3/t10-/m0/s1. The quantitative estimate of drug-likeness (QED) is 0.898. The topological polar surface area (TPSA) is 43.8 Å². The fourth-order valence-corrected chi connectivity index (χ4v) is 2.40. The van der Waals surface area contributed by atoms with Crippen molar-refractivity contribution >= 4 is 22.6 Å². The van der Waals surface area contributed by atoms with Crippen LogP contribution < -0.4 is 5.73 Å². The second-order valence-electron chi connectivity index (χ2n) is 4.68. The summed E-state index contributed by atoms with van der Waals surface area (Å²) in [5.74, 6) is 1.12. The lowest BCUT2D eigenvalue weighted by Crippen LogP contribution is -2.10. The van der Waals surface area contributed by atoms with Crippen LogP contribution in [0.4, 0.5) is 0 Å². The second kappa shape index (κ2) is 5.72. The Morgan fingerprint density at radius 3 is 2.89 bits per heavy atom. The van der Waals surface area contributed by atoms with E-state index in [9.17, 15) is 0 Å². The third-order valence-corrected chi connectivity index (χ3v) is 3.60. The third kappa shape index (κ3) is 2.52. The lowest BCUT2D eigenvalue weighted by molar-refractivity contribution is 0.518. The van der Waals surface area contributed by atoms with Gasteiger partial charge >= 0.3 is 0 Å². The fraction of sp³-hybridized carbons (Fsp3) is 0.500. The van der Waals surface area contributed by atoms with Crippen molar-refractivity contribution in [1.29, 1.82) is 0 Å². The van der Waals surface area contributed by atoms with Crippen molar-refractivity contribution in [3.63, 3.8) is 0 Å². The molecule has 2 aromatic rings. The molecule has 0 amide bonds. The van der Waals surface area contributed by atoms with E-state index in [2.05, 4.69) is 24.5 Å². The van der Waals surface area contributed by atoms with Gasteiger partial charge in [-0.25, -0.2) is 4.98 Å². The fourth-order valence-electron chi connectivity index (χ4n) is 2.23. The number of imidazole rings is 1. The Labute approximate surface area is 113 Å². The van der Waals surface area contributed by atoms with Gasteiger partial charge in [0.05, 0.1) is 11.0 Å². The molecule has 0 saturated carbocycles. The molecule has 2 N–H and O–H groups in total. The smallest absolute Gasteiger partial charge is 0.110 e. The minimum absolute atomic E-state index is 0.448. The van der Waals surface area contributed by atoms with Crippen molar-refractivity contribution in [2.75, 3.05) is 6.54 Å². The highest BCUT2D eigenvalue weighted by molar-refractivity contribution is 6.31. The molecule has 0 spiro atoms. The van der Waals surface area contributed by atoms with Crippen LogP contribution in [0.3, 0.4) is 0 Å². The Kier molecular flexibility index (Phi) is 4.25. The van der Waals surface area contributed by atoms with Crippen LogP contribution in [0.2, 0.25) is 5.02 Å². The average molecular weight is 266 g/mol. The Morgan fingerprint density at radius 2 is 2.22 bits per heavy atom. The van der Waals surface area contributed by atoms with E-state index in [0.29, 0.717) is 12.6 Å². The summed E-state index contributed by atoms with van der Waals surface area (Å²) in [6, 6.07) is 6.37. The zero-order valence-corrected chi connectivity index (χ0v) is 11.7. The van der Waals surface area contributed by atoms with Gasteiger partial charge in [-0.2, -0.15) is 0 Å². The zero-order chi connectivity index (χ0) is 13.1. The molecule has 0 aliphatic rings. The Bertz CT molecular complexity index is 533. The number of nitrogens with zero attached hydrogens (tertiary/aromatic N) is 2. The number of aromatic nitrogens is 2. The molecule has 2 rings (SSSR count). The Balaban J connectivity index is 2.53. The molecular weight excluding hydrogens is 246 g/mol. The molecule has 0 aliphatic heterocycles. The minimum atomic E-state index is 0.448. The number of rotatable bonds is 5. The molecule has 1 aromatic carbocycles. The van der Waals surface area contributed by atoms with Crippen LogP contribution in [0.25, 0.3) is 11.0 Å². The van der Waals surface area contributed by atoms with Crippen molar-refractivity contribution in [3.8, 4) is 0 Å². The van der Waals surface area contributed by atoms with Crippen LogP contribution in [0.15, 0.2) is 18.2 Å². The van der Waals surface area contributed by atoms with Gasteiger partial charge in [0.25, 0.3) is 0 Å². The summed E-state index contributed by atoms with van der Waals surface area (Å²) in [5, 5.41) is 0.738. The summed E-state index contributed by atoms with van der Waals surface area (Å²) in [6.07, 6.45) is 2.98. The Morgan fingerprint density at radius 1 is 1.44 bits per heavy atom. The molecule has 1 aromatic heterocycles. The zero-order valence-electron chi connectivity index (χ0n) is 11.0. The van der Waals surface area contributed by atoms with E-state index in [1.165, 1.54) is 5.52 Å². The number of benzene rings is 1. The molecule has 4 heteroatoms. The predicted octanol–water partition coefficient (Wildman–Crippen LogP) is 3.55. The van der Waals surface area contributed by atoms with E-state index in [-0.39, 0.29) is 0 Å². The number of nitrogens with two attached hydrogens (primary N) is 1. The van der Waals surface area contributed by atoms with Gasteiger partial charge in [0.2, 0.25) is 0 Å². The van der Waals surface area contributed by atoms with Crippen molar-refractivity contribution in [1.82, 2.24) is 9.55 Å². The highest BCUT2D eigenvalue weighted by Gasteiger charge is 2.14. The molecular formula is C14H20ClN3.